The smallest absolute Gasteiger partial charge is 0.125 e. The first-order valence-electron chi connectivity index (χ1n) is 4.98. The number of hydrogen-bond donors (Lipinski definition) is 0. The summed E-state index contributed by atoms with van der Waals surface area (Å²) in [5.41, 5.74) is 0. The van der Waals surface area contributed by atoms with Gasteiger partial charge in [0.1, 0.15) is 8.24 Å². The summed E-state index contributed by atoms with van der Waals surface area (Å²) in [6.07, 6.45) is 3.00. The molecular formula is C9H21NSi. The third kappa shape index (κ3) is 1.85. The summed E-state index contributed by atoms with van der Waals surface area (Å²) in [7, 11) is -0.882. The minimum absolute atomic E-state index is 0.882. The van der Waals surface area contributed by atoms with Crippen molar-refractivity contribution in [2.24, 2.45) is 0 Å². The van der Waals surface area contributed by atoms with E-state index in [0.29, 0.717) is 0 Å². The molecule has 0 unspecified atom stereocenters. The third-order valence-electron chi connectivity index (χ3n) is 3.21. The van der Waals surface area contributed by atoms with Crippen LogP contribution in [0.15, 0.2) is 0 Å². The van der Waals surface area contributed by atoms with Crippen LogP contribution in [-0.2, 0) is 0 Å². The maximum absolute atomic E-state index is 2.75. The summed E-state index contributed by atoms with van der Waals surface area (Å²) in [5, 5.41) is 0. The van der Waals surface area contributed by atoms with Crippen LogP contribution in [0.2, 0.25) is 18.6 Å². The molecule has 66 valence electrons. The SMILES string of the molecule is CCN(CC)[Si]1(C)CCCC1. The van der Waals surface area contributed by atoms with Crippen molar-refractivity contribution in [1.82, 2.24) is 4.57 Å². The topological polar surface area (TPSA) is 3.24 Å². The first-order valence-corrected chi connectivity index (χ1v) is 7.84. The monoisotopic (exact) mass is 171 g/mol. The lowest BCUT2D eigenvalue weighted by atomic mass is 10.4. The van der Waals surface area contributed by atoms with E-state index in [1.54, 1.807) is 12.1 Å². The van der Waals surface area contributed by atoms with Crippen molar-refractivity contribution in [1.29, 1.82) is 0 Å². The van der Waals surface area contributed by atoms with Gasteiger partial charge >= 0.3 is 0 Å². The Morgan fingerprint density at radius 2 is 1.55 bits per heavy atom. The van der Waals surface area contributed by atoms with Crippen LogP contribution in [0.25, 0.3) is 0 Å². The quantitative estimate of drug-likeness (QED) is 0.590. The van der Waals surface area contributed by atoms with Crippen molar-refractivity contribution < 1.29 is 0 Å². The molecule has 0 N–H and O–H groups in total. The van der Waals surface area contributed by atoms with Gasteiger partial charge in [-0.15, -0.1) is 0 Å². The second-order valence-electron chi connectivity index (χ2n) is 3.88. The van der Waals surface area contributed by atoms with Crippen LogP contribution >= 0.6 is 0 Å². The van der Waals surface area contributed by atoms with Crippen molar-refractivity contribution in [3.8, 4) is 0 Å². The van der Waals surface area contributed by atoms with Gasteiger partial charge in [-0.2, -0.15) is 0 Å². The maximum atomic E-state index is 2.75. The molecule has 1 saturated heterocycles. The van der Waals surface area contributed by atoms with Crippen LogP contribution in [0.5, 0.6) is 0 Å². The Bertz CT molecular complexity index is 115. The van der Waals surface area contributed by atoms with E-state index in [2.05, 4.69) is 25.0 Å². The molecule has 0 saturated carbocycles. The van der Waals surface area contributed by atoms with Crippen molar-refractivity contribution >= 4 is 8.24 Å². The zero-order valence-corrected chi connectivity index (χ0v) is 9.19. The Balaban J connectivity index is 2.53. The Morgan fingerprint density at radius 3 is 1.91 bits per heavy atom. The highest BCUT2D eigenvalue weighted by atomic mass is 28.3. The van der Waals surface area contributed by atoms with E-state index in [4.69, 9.17) is 0 Å². The van der Waals surface area contributed by atoms with Crippen molar-refractivity contribution in [3.63, 3.8) is 0 Å². The van der Waals surface area contributed by atoms with Gasteiger partial charge in [0.2, 0.25) is 0 Å². The van der Waals surface area contributed by atoms with Crippen molar-refractivity contribution in [3.05, 3.63) is 0 Å². The van der Waals surface area contributed by atoms with Crippen LogP contribution < -0.4 is 0 Å². The molecule has 0 aromatic carbocycles. The minimum Gasteiger partial charge on any atom is -0.324 e. The lowest BCUT2D eigenvalue weighted by Crippen LogP contribution is -2.48. The highest BCUT2D eigenvalue weighted by Gasteiger charge is 2.35. The summed E-state index contributed by atoms with van der Waals surface area (Å²) < 4.78 is 2.75. The van der Waals surface area contributed by atoms with Gasteiger partial charge in [0.05, 0.1) is 0 Å². The molecule has 1 heterocycles. The molecule has 0 bridgehead atoms. The molecule has 1 rings (SSSR count). The average Bonchev–Trinajstić information content (AvgIpc) is 2.39. The van der Waals surface area contributed by atoms with E-state index >= 15 is 0 Å². The van der Waals surface area contributed by atoms with Gasteiger partial charge in [-0.1, -0.05) is 33.2 Å². The van der Waals surface area contributed by atoms with Gasteiger partial charge in [-0.05, 0) is 25.2 Å². The molecule has 0 aromatic rings. The zero-order chi connectivity index (χ0) is 8.32. The van der Waals surface area contributed by atoms with E-state index in [0.717, 1.165) is 0 Å². The van der Waals surface area contributed by atoms with Crippen LogP contribution in [0.4, 0.5) is 0 Å². The fraction of sp³-hybridized carbons (Fsp3) is 1.00. The van der Waals surface area contributed by atoms with Crippen LogP contribution in [0.1, 0.15) is 26.7 Å². The van der Waals surface area contributed by atoms with Gasteiger partial charge < -0.3 is 4.57 Å². The lowest BCUT2D eigenvalue weighted by molar-refractivity contribution is 0.465. The maximum Gasteiger partial charge on any atom is 0.125 e. The summed E-state index contributed by atoms with van der Waals surface area (Å²) in [5.74, 6) is 0. The van der Waals surface area contributed by atoms with Gasteiger partial charge in [0, 0.05) is 0 Å². The minimum atomic E-state index is -0.882. The van der Waals surface area contributed by atoms with Crippen LogP contribution in [-0.4, -0.2) is 25.9 Å². The third-order valence-corrected chi connectivity index (χ3v) is 8.23. The Kier molecular flexibility index (Phi) is 3.13. The van der Waals surface area contributed by atoms with Gasteiger partial charge in [0.15, 0.2) is 0 Å². The molecule has 1 fully saturated rings. The van der Waals surface area contributed by atoms with Gasteiger partial charge in [-0.25, -0.2) is 0 Å². The summed E-state index contributed by atoms with van der Waals surface area (Å²) >= 11 is 0. The summed E-state index contributed by atoms with van der Waals surface area (Å²) in [6, 6.07) is 3.10. The highest BCUT2D eigenvalue weighted by Crippen LogP contribution is 2.32. The van der Waals surface area contributed by atoms with E-state index < -0.39 is 8.24 Å². The lowest BCUT2D eigenvalue weighted by Gasteiger charge is -2.34. The average molecular weight is 171 g/mol. The fourth-order valence-corrected chi connectivity index (χ4v) is 6.87. The fourth-order valence-electron chi connectivity index (χ4n) is 2.44. The van der Waals surface area contributed by atoms with Gasteiger partial charge in [-0.3, -0.25) is 0 Å². The molecule has 11 heavy (non-hydrogen) atoms. The number of nitrogens with zero attached hydrogens (tertiary/aromatic N) is 1. The Labute approximate surface area is 71.9 Å². The van der Waals surface area contributed by atoms with E-state index in [9.17, 15) is 0 Å². The molecule has 0 aliphatic carbocycles. The Hall–Kier alpha value is 0.177. The normalized spacial score (nSPS) is 22.9. The zero-order valence-electron chi connectivity index (χ0n) is 8.19. The predicted molar refractivity (Wildman–Crippen MR) is 53.4 cm³/mol. The van der Waals surface area contributed by atoms with Crippen LogP contribution in [0.3, 0.4) is 0 Å². The van der Waals surface area contributed by atoms with Crippen LogP contribution in [0, 0.1) is 0 Å². The van der Waals surface area contributed by atoms with E-state index in [-0.39, 0.29) is 0 Å². The van der Waals surface area contributed by atoms with E-state index in [1.807, 2.05) is 0 Å². The molecular weight excluding hydrogens is 150 g/mol. The molecule has 0 amide bonds. The summed E-state index contributed by atoms with van der Waals surface area (Å²) in [4.78, 5) is 0. The molecule has 0 aromatic heterocycles. The molecule has 1 aliphatic rings. The largest absolute Gasteiger partial charge is 0.324 e. The molecule has 0 atom stereocenters. The van der Waals surface area contributed by atoms with E-state index in [1.165, 1.54) is 25.9 Å². The van der Waals surface area contributed by atoms with Crippen molar-refractivity contribution in [2.45, 2.75) is 45.3 Å². The molecule has 2 heteroatoms. The van der Waals surface area contributed by atoms with Crippen molar-refractivity contribution in [2.75, 3.05) is 13.1 Å². The number of rotatable bonds is 3. The molecule has 1 aliphatic heterocycles. The second-order valence-corrected chi connectivity index (χ2v) is 8.50. The highest BCUT2D eigenvalue weighted by molar-refractivity contribution is 6.76. The summed E-state index contributed by atoms with van der Waals surface area (Å²) in [6.45, 7) is 9.73. The predicted octanol–water partition coefficient (Wildman–Crippen LogP) is 2.70. The first kappa shape index (κ1) is 9.27. The second kappa shape index (κ2) is 3.72. The number of hydrogen-bond acceptors (Lipinski definition) is 1. The Morgan fingerprint density at radius 1 is 1.09 bits per heavy atom. The molecule has 0 spiro atoms. The standard InChI is InChI=1S/C9H21NSi/c1-4-10(5-2)11(3)8-6-7-9-11/h4-9H2,1-3H3. The molecule has 0 radical (unpaired) electrons. The van der Waals surface area contributed by atoms with Gasteiger partial charge in [0.25, 0.3) is 0 Å². The molecule has 1 nitrogen and oxygen atoms in total. The first-order chi connectivity index (χ1) is 5.23.